The van der Waals surface area contributed by atoms with Crippen LogP contribution < -0.4 is 5.73 Å². The van der Waals surface area contributed by atoms with Gasteiger partial charge >= 0.3 is 0 Å². The van der Waals surface area contributed by atoms with Crippen LogP contribution in [0.1, 0.15) is 11.5 Å². The molecule has 0 fully saturated rings. The van der Waals surface area contributed by atoms with Crippen molar-refractivity contribution in [3.8, 4) is 0 Å². The first kappa shape index (κ1) is 6.97. The molecule has 0 amide bonds. The minimum absolute atomic E-state index is 0.554. The predicted molar refractivity (Wildman–Crippen MR) is 42.4 cm³/mol. The molecule has 2 rings (SSSR count). The largest absolute Gasteiger partial charge is 0.469 e. The highest BCUT2D eigenvalue weighted by Gasteiger charge is 2.06. The molecular formula is C8H8N2O2. The quantitative estimate of drug-likeness (QED) is 0.729. The van der Waals surface area contributed by atoms with E-state index in [0.717, 1.165) is 5.76 Å². The fourth-order valence-electron chi connectivity index (χ4n) is 0.977. The highest BCUT2D eigenvalue weighted by atomic mass is 16.5. The Bertz CT molecular complexity index is 351. The van der Waals surface area contributed by atoms with Gasteiger partial charge in [-0.05, 0) is 12.1 Å². The van der Waals surface area contributed by atoms with Gasteiger partial charge in [-0.25, -0.2) is 0 Å². The first-order valence-corrected chi connectivity index (χ1v) is 3.57. The Morgan fingerprint density at radius 2 is 2.42 bits per heavy atom. The Labute approximate surface area is 69.0 Å². The van der Waals surface area contributed by atoms with Gasteiger partial charge in [0, 0.05) is 0 Å². The maximum Gasteiger partial charge on any atom is 0.167 e. The standard InChI is InChI=1S/C8H8N2O2/c9-7-5-10-12-8(7)4-6-2-1-3-11-6/h1-3,5H,4,9H2. The van der Waals surface area contributed by atoms with Crippen molar-refractivity contribution >= 4 is 5.69 Å². The van der Waals surface area contributed by atoms with Gasteiger partial charge in [0.25, 0.3) is 0 Å². The number of anilines is 1. The Kier molecular flexibility index (Phi) is 1.59. The fraction of sp³-hybridized carbons (Fsp3) is 0.125. The average molecular weight is 164 g/mol. The number of nitrogens with two attached hydrogens (primary N) is 1. The summed E-state index contributed by atoms with van der Waals surface area (Å²) >= 11 is 0. The molecule has 0 spiro atoms. The zero-order chi connectivity index (χ0) is 8.39. The molecule has 0 aliphatic heterocycles. The van der Waals surface area contributed by atoms with Crippen molar-refractivity contribution in [2.45, 2.75) is 6.42 Å². The lowest BCUT2D eigenvalue weighted by Crippen LogP contribution is -1.89. The van der Waals surface area contributed by atoms with E-state index in [0.29, 0.717) is 17.9 Å². The van der Waals surface area contributed by atoms with Gasteiger partial charge in [-0.1, -0.05) is 5.16 Å². The summed E-state index contributed by atoms with van der Waals surface area (Å²) in [6.07, 6.45) is 3.65. The molecular weight excluding hydrogens is 156 g/mol. The Balaban J connectivity index is 2.20. The van der Waals surface area contributed by atoms with Crippen LogP contribution in [0.2, 0.25) is 0 Å². The van der Waals surface area contributed by atoms with Gasteiger partial charge in [-0.15, -0.1) is 0 Å². The van der Waals surface area contributed by atoms with Crippen LogP contribution >= 0.6 is 0 Å². The summed E-state index contributed by atoms with van der Waals surface area (Å²) < 4.78 is 10.0. The highest BCUT2D eigenvalue weighted by molar-refractivity contribution is 5.39. The summed E-state index contributed by atoms with van der Waals surface area (Å²) in [5, 5.41) is 3.56. The molecule has 2 aromatic rings. The number of hydrogen-bond donors (Lipinski definition) is 1. The first-order chi connectivity index (χ1) is 5.86. The second-order valence-electron chi connectivity index (χ2n) is 2.46. The number of nitrogen functional groups attached to an aromatic ring is 1. The third kappa shape index (κ3) is 1.18. The van der Waals surface area contributed by atoms with Crippen molar-refractivity contribution in [3.63, 3.8) is 0 Å². The Hall–Kier alpha value is -1.71. The molecule has 0 unspecified atom stereocenters. The van der Waals surface area contributed by atoms with E-state index in [1.165, 1.54) is 6.20 Å². The van der Waals surface area contributed by atoms with Gasteiger partial charge in [0.2, 0.25) is 0 Å². The minimum atomic E-state index is 0.554. The molecule has 0 aromatic carbocycles. The van der Waals surface area contributed by atoms with Crippen LogP contribution in [0.15, 0.2) is 33.5 Å². The van der Waals surface area contributed by atoms with Crippen LogP contribution in [-0.2, 0) is 6.42 Å². The lowest BCUT2D eigenvalue weighted by Gasteiger charge is -1.91. The maximum atomic E-state index is 5.56. The molecule has 0 saturated heterocycles. The summed E-state index contributed by atoms with van der Waals surface area (Å²) in [7, 11) is 0. The molecule has 0 atom stereocenters. The number of nitrogens with zero attached hydrogens (tertiary/aromatic N) is 1. The van der Waals surface area contributed by atoms with Crippen LogP contribution in [0.5, 0.6) is 0 Å². The molecule has 2 heterocycles. The maximum absolute atomic E-state index is 5.56. The van der Waals surface area contributed by atoms with Crippen LogP contribution in [0.3, 0.4) is 0 Å². The molecule has 0 aliphatic rings. The molecule has 0 bridgehead atoms. The third-order valence-electron chi connectivity index (χ3n) is 1.59. The summed E-state index contributed by atoms with van der Waals surface area (Å²) in [5.41, 5.74) is 6.12. The van der Waals surface area contributed by atoms with E-state index in [1.54, 1.807) is 6.26 Å². The van der Waals surface area contributed by atoms with E-state index in [-0.39, 0.29) is 0 Å². The van der Waals surface area contributed by atoms with Gasteiger partial charge in [-0.2, -0.15) is 0 Å². The SMILES string of the molecule is Nc1cnoc1Cc1ccco1. The predicted octanol–water partition coefficient (Wildman–Crippen LogP) is 1.44. The first-order valence-electron chi connectivity index (χ1n) is 3.57. The van der Waals surface area contributed by atoms with Crippen molar-refractivity contribution in [3.05, 3.63) is 36.1 Å². The summed E-state index contributed by atoms with van der Waals surface area (Å²) in [4.78, 5) is 0. The molecule has 2 N–H and O–H groups in total. The summed E-state index contributed by atoms with van der Waals surface area (Å²) in [5.74, 6) is 1.46. The van der Waals surface area contributed by atoms with Gasteiger partial charge in [0.15, 0.2) is 5.76 Å². The van der Waals surface area contributed by atoms with Gasteiger partial charge in [0.1, 0.15) is 5.76 Å². The van der Waals surface area contributed by atoms with E-state index in [4.69, 9.17) is 14.7 Å². The lowest BCUT2D eigenvalue weighted by molar-refractivity contribution is 0.380. The number of rotatable bonds is 2. The normalized spacial score (nSPS) is 10.3. The van der Waals surface area contributed by atoms with E-state index < -0.39 is 0 Å². The van der Waals surface area contributed by atoms with Crippen molar-refractivity contribution in [1.82, 2.24) is 5.16 Å². The average Bonchev–Trinajstić information content (AvgIpc) is 2.65. The van der Waals surface area contributed by atoms with E-state index in [2.05, 4.69) is 5.16 Å². The van der Waals surface area contributed by atoms with Crippen molar-refractivity contribution in [2.24, 2.45) is 0 Å². The number of hydrogen-bond acceptors (Lipinski definition) is 4. The van der Waals surface area contributed by atoms with Crippen molar-refractivity contribution < 1.29 is 8.94 Å². The van der Waals surface area contributed by atoms with Crippen LogP contribution in [-0.4, -0.2) is 5.16 Å². The molecule has 12 heavy (non-hydrogen) atoms. The Morgan fingerprint density at radius 1 is 1.50 bits per heavy atom. The van der Waals surface area contributed by atoms with Crippen molar-refractivity contribution in [2.75, 3.05) is 5.73 Å². The minimum Gasteiger partial charge on any atom is -0.469 e. The van der Waals surface area contributed by atoms with Crippen molar-refractivity contribution in [1.29, 1.82) is 0 Å². The van der Waals surface area contributed by atoms with Crippen LogP contribution in [0.25, 0.3) is 0 Å². The highest BCUT2D eigenvalue weighted by Crippen LogP contribution is 2.15. The van der Waals surface area contributed by atoms with E-state index in [1.807, 2.05) is 12.1 Å². The molecule has 4 heteroatoms. The zero-order valence-electron chi connectivity index (χ0n) is 6.36. The molecule has 0 saturated carbocycles. The van der Waals surface area contributed by atoms with Gasteiger partial charge in [0.05, 0.1) is 24.6 Å². The van der Waals surface area contributed by atoms with Crippen LogP contribution in [0.4, 0.5) is 5.69 Å². The topological polar surface area (TPSA) is 65.2 Å². The summed E-state index contributed by atoms with van der Waals surface area (Å²) in [6.45, 7) is 0. The molecule has 4 nitrogen and oxygen atoms in total. The second-order valence-corrected chi connectivity index (χ2v) is 2.46. The van der Waals surface area contributed by atoms with Crippen LogP contribution in [0, 0.1) is 0 Å². The Morgan fingerprint density at radius 3 is 3.00 bits per heavy atom. The summed E-state index contributed by atoms with van der Waals surface area (Å²) in [6, 6.07) is 3.68. The zero-order valence-corrected chi connectivity index (χ0v) is 6.36. The van der Waals surface area contributed by atoms with E-state index in [9.17, 15) is 0 Å². The molecule has 0 radical (unpaired) electrons. The lowest BCUT2D eigenvalue weighted by atomic mass is 10.2. The number of furan rings is 1. The third-order valence-corrected chi connectivity index (χ3v) is 1.59. The van der Waals surface area contributed by atoms with Gasteiger partial charge < -0.3 is 14.7 Å². The van der Waals surface area contributed by atoms with Gasteiger partial charge in [-0.3, -0.25) is 0 Å². The molecule has 62 valence electrons. The molecule has 0 aliphatic carbocycles. The second kappa shape index (κ2) is 2.73. The number of aromatic nitrogens is 1. The van der Waals surface area contributed by atoms with E-state index >= 15 is 0 Å². The monoisotopic (exact) mass is 164 g/mol. The smallest absolute Gasteiger partial charge is 0.167 e. The molecule has 2 aromatic heterocycles. The fourth-order valence-corrected chi connectivity index (χ4v) is 0.977.